The first-order valence-electron chi connectivity index (χ1n) is 10.4. The minimum atomic E-state index is -1.68. The molecule has 0 aromatic heterocycles. The predicted molar refractivity (Wildman–Crippen MR) is 127 cm³/mol. The minimum Gasteiger partial charge on any atom is -0.460 e. The molecule has 6 nitrogen and oxygen atoms in total. The number of hydrogen-bond acceptors (Lipinski definition) is 6. The Morgan fingerprint density at radius 1 is 1.07 bits per heavy atom. The lowest BCUT2D eigenvalue weighted by Crippen LogP contribution is -2.44. The molecule has 0 heterocycles. The quantitative estimate of drug-likeness (QED) is 0.183. The highest BCUT2D eigenvalue weighted by molar-refractivity contribution is 6.71. The van der Waals surface area contributed by atoms with Gasteiger partial charge in [0.05, 0.1) is 21.7 Å². The van der Waals surface area contributed by atoms with Crippen LogP contribution in [0.2, 0.25) is 44.8 Å². The standard InChI is InChI=1S/C20H44O6Si3/c1-15(2)18(22)23-13-17(21)14-24-20(4,5)12-16(3)27-19(25-28(6,7)8)26-29(9,10)11/h16-17,19,21H,1,12-14,27H2,2-11H3. The second kappa shape index (κ2) is 11.9. The molecule has 2 unspecified atom stereocenters. The summed E-state index contributed by atoms with van der Waals surface area (Å²) in [6.45, 7) is 24.6. The van der Waals surface area contributed by atoms with Gasteiger partial charge in [0.15, 0.2) is 16.6 Å². The molecule has 2 atom stereocenters. The fourth-order valence-corrected chi connectivity index (χ4v) is 9.94. The maximum atomic E-state index is 11.4. The van der Waals surface area contributed by atoms with E-state index in [-0.39, 0.29) is 19.1 Å². The van der Waals surface area contributed by atoms with E-state index in [0.717, 1.165) is 6.42 Å². The Morgan fingerprint density at radius 2 is 1.55 bits per heavy atom. The molecule has 29 heavy (non-hydrogen) atoms. The number of hydrogen-bond donors (Lipinski definition) is 1. The molecule has 1 N–H and O–H groups in total. The van der Waals surface area contributed by atoms with E-state index in [2.05, 4.69) is 52.8 Å². The van der Waals surface area contributed by atoms with Gasteiger partial charge in [-0.05, 0) is 72.0 Å². The number of ether oxygens (including phenoxy) is 2. The average molecular weight is 465 g/mol. The molecule has 0 aliphatic rings. The lowest BCUT2D eigenvalue weighted by molar-refractivity contribution is -0.144. The number of aliphatic hydroxyl groups is 1. The monoisotopic (exact) mass is 464 g/mol. The summed E-state index contributed by atoms with van der Waals surface area (Å²) in [5.41, 5.74) is 0.378. The zero-order valence-corrected chi connectivity index (χ0v) is 23.7. The highest BCUT2D eigenvalue weighted by Crippen LogP contribution is 2.26. The van der Waals surface area contributed by atoms with Crippen LogP contribution in [0.15, 0.2) is 12.2 Å². The number of carbonyl (C=O) groups is 1. The van der Waals surface area contributed by atoms with E-state index in [9.17, 15) is 9.90 Å². The summed E-state index contributed by atoms with van der Waals surface area (Å²) in [6, 6.07) is 0. The van der Waals surface area contributed by atoms with E-state index in [1.165, 1.54) is 0 Å². The highest BCUT2D eigenvalue weighted by atomic mass is 28.4. The van der Waals surface area contributed by atoms with E-state index in [1.807, 2.05) is 13.8 Å². The third-order valence-electron chi connectivity index (χ3n) is 3.83. The van der Waals surface area contributed by atoms with Gasteiger partial charge in [-0.15, -0.1) is 0 Å². The third-order valence-corrected chi connectivity index (χ3v) is 8.24. The van der Waals surface area contributed by atoms with Crippen molar-refractivity contribution in [1.29, 1.82) is 0 Å². The maximum absolute atomic E-state index is 11.4. The van der Waals surface area contributed by atoms with Crippen LogP contribution in [-0.4, -0.2) is 68.1 Å². The number of aliphatic hydroxyl groups excluding tert-OH is 1. The fraction of sp³-hybridized carbons (Fsp3) is 0.850. The molecule has 0 radical (unpaired) electrons. The van der Waals surface area contributed by atoms with Crippen molar-refractivity contribution in [2.75, 3.05) is 13.2 Å². The first kappa shape index (κ1) is 28.7. The highest BCUT2D eigenvalue weighted by Gasteiger charge is 2.31. The van der Waals surface area contributed by atoms with Gasteiger partial charge < -0.3 is 23.4 Å². The van der Waals surface area contributed by atoms with Crippen LogP contribution in [-0.2, 0) is 23.1 Å². The normalized spacial score (nSPS) is 15.7. The van der Waals surface area contributed by atoms with E-state index in [0.29, 0.717) is 11.1 Å². The summed E-state index contributed by atoms with van der Waals surface area (Å²) in [7, 11) is -4.02. The summed E-state index contributed by atoms with van der Waals surface area (Å²) in [5.74, 6) is -0.551. The molecule has 0 aliphatic heterocycles. The second-order valence-electron chi connectivity index (χ2n) is 10.5. The van der Waals surface area contributed by atoms with E-state index in [1.54, 1.807) is 6.92 Å². The molecule has 0 saturated carbocycles. The topological polar surface area (TPSA) is 74.2 Å². The molecular formula is C20H44O6Si3. The molecule has 0 aliphatic carbocycles. The van der Waals surface area contributed by atoms with Crippen LogP contribution < -0.4 is 0 Å². The van der Waals surface area contributed by atoms with E-state index < -0.39 is 43.8 Å². The lowest BCUT2D eigenvalue weighted by Gasteiger charge is -2.35. The van der Waals surface area contributed by atoms with Gasteiger partial charge >= 0.3 is 5.97 Å². The summed E-state index contributed by atoms with van der Waals surface area (Å²) < 4.78 is 23.6. The van der Waals surface area contributed by atoms with Crippen LogP contribution in [0.4, 0.5) is 0 Å². The summed E-state index contributed by atoms with van der Waals surface area (Å²) in [4.78, 5) is 11.4. The lowest BCUT2D eigenvalue weighted by atomic mass is 10.0. The Labute approximate surface area is 182 Å². The fourth-order valence-electron chi connectivity index (χ4n) is 2.88. The molecule has 9 heteroatoms. The zero-order valence-electron chi connectivity index (χ0n) is 20.3. The Balaban J connectivity index is 4.62. The van der Waals surface area contributed by atoms with Gasteiger partial charge in [0.25, 0.3) is 0 Å². The van der Waals surface area contributed by atoms with Crippen LogP contribution in [0.3, 0.4) is 0 Å². The van der Waals surface area contributed by atoms with Crippen molar-refractivity contribution in [3.05, 3.63) is 12.2 Å². The van der Waals surface area contributed by atoms with Crippen molar-refractivity contribution in [1.82, 2.24) is 0 Å². The molecule has 0 rings (SSSR count). The Morgan fingerprint density at radius 3 is 1.97 bits per heavy atom. The number of rotatable bonds is 14. The van der Waals surface area contributed by atoms with E-state index in [4.69, 9.17) is 18.3 Å². The van der Waals surface area contributed by atoms with Crippen LogP contribution in [0.1, 0.15) is 34.1 Å². The molecule has 0 aromatic rings. The zero-order chi connectivity index (χ0) is 23.0. The third kappa shape index (κ3) is 16.1. The summed E-state index contributed by atoms with van der Waals surface area (Å²) >= 11 is 0. The molecule has 0 amide bonds. The maximum Gasteiger partial charge on any atom is 0.333 e. The van der Waals surface area contributed by atoms with Crippen LogP contribution >= 0.6 is 0 Å². The number of esters is 1. The van der Waals surface area contributed by atoms with Crippen LogP contribution in [0.25, 0.3) is 0 Å². The smallest absolute Gasteiger partial charge is 0.333 e. The minimum absolute atomic E-state index is 0.0497. The molecule has 0 spiro atoms. The molecular weight excluding hydrogens is 420 g/mol. The first-order chi connectivity index (χ1) is 12.9. The van der Waals surface area contributed by atoms with Crippen molar-refractivity contribution in [3.8, 4) is 0 Å². The van der Waals surface area contributed by atoms with Gasteiger partial charge in [0.2, 0.25) is 0 Å². The van der Waals surface area contributed by atoms with Crippen molar-refractivity contribution in [3.63, 3.8) is 0 Å². The Kier molecular flexibility index (Phi) is 11.8. The Bertz CT molecular complexity index is 509. The summed E-state index contributed by atoms with van der Waals surface area (Å²) in [6.07, 6.45) is 0.00120. The molecule has 0 aromatic carbocycles. The van der Waals surface area contributed by atoms with Gasteiger partial charge in [-0.25, -0.2) is 4.79 Å². The van der Waals surface area contributed by atoms with Crippen molar-refractivity contribution < 1.29 is 28.2 Å². The van der Waals surface area contributed by atoms with Crippen molar-refractivity contribution >= 4 is 32.1 Å². The van der Waals surface area contributed by atoms with Crippen LogP contribution in [0, 0.1) is 0 Å². The SMILES string of the molecule is C=C(C)C(=O)OCC(O)COC(C)(C)CC(C)[SiH2]C(O[Si](C)(C)C)O[Si](C)(C)C. The molecule has 172 valence electrons. The molecule has 0 saturated heterocycles. The van der Waals surface area contributed by atoms with Crippen molar-refractivity contribution in [2.24, 2.45) is 0 Å². The van der Waals surface area contributed by atoms with Gasteiger partial charge in [0, 0.05) is 5.57 Å². The molecule has 0 fully saturated rings. The van der Waals surface area contributed by atoms with Gasteiger partial charge in [-0.1, -0.05) is 13.5 Å². The largest absolute Gasteiger partial charge is 0.460 e. The second-order valence-corrected chi connectivity index (χ2v) is 22.0. The van der Waals surface area contributed by atoms with Crippen LogP contribution in [0.5, 0.6) is 0 Å². The Hall–Kier alpha value is -0.299. The first-order valence-corrected chi connectivity index (χ1v) is 18.9. The predicted octanol–water partition coefficient (Wildman–Crippen LogP) is 3.62. The van der Waals surface area contributed by atoms with Crippen molar-refractivity contribution in [2.45, 2.75) is 96.6 Å². The molecule has 0 bridgehead atoms. The van der Waals surface area contributed by atoms with Gasteiger partial charge in [0.1, 0.15) is 18.6 Å². The van der Waals surface area contributed by atoms with Gasteiger partial charge in [-0.3, -0.25) is 0 Å². The average Bonchev–Trinajstić information content (AvgIpc) is 2.46. The number of carbonyl (C=O) groups excluding carboxylic acids is 1. The van der Waals surface area contributed by atoms with E-state index >= 15 is 0 Å². The summed E-state index contributed by atoms with van der Waals surface area (Å²) in [5, 5.41) is 10.0. The van der Waals surface area contributed by atoms with Gasteiger partial charge in [-0.2, -0.15) is 0 Å².